The lowest BCUT2D eigenvalue weighted by Gasteiger charge is -2.07. The summed E-state index contributed by atoms with van der Waals surface area (Å²) in [5.74, 6) is -0.204. The van der Waals surface area contributed by atoms with Crippen LogP contribution in [-0.4, -0.2) is 10.9 Å². The lowest BCUT2D eigenvalue weighted by Crippen LogP contribution is -2.22. The van der Waals surface area contributed by atoms with E-state index in [4.69, 9.17) is 23.2 Å². The van der Waals surface area contributed by atoms with Crippen molar-refractivity contribution < 1.29 is 4.79 Å². The predicted octanol–water partition coefficient (Wildman–Crippen LogP) is 5.05. The Morgan fingerprint density at radius 3 is 2.74 bits per heavy atom. The minimum atomic E-state index is -0.204. The number of pyridine rings is 1. The van der Waals surface area contributed by atoms with Gasteiger partial charge in [-0.2, -0.15) is 0 Å². The molecule has 1 aromatic carbocycles. The van der Waals surface area contributed by atoms with E-state index in [0.717, 1.165) is 16.0 Å². The summed E-state index contributed by atoms with van der Waals surface area (Å²) in [6.07, 6.45) is 3.56. The number of halogens is 2. The average Bonchev–Trinajstić information content (AvgIpc) is 3.10. The summed E-state index contributed by atoms with van der Waals surface area (Å²) in [6.45, 7) is 0.394. The molecule has 23 heavy (non-hydrogen) atoms. The summed E-state index contributed by atoms with van der Waals surface area (Å²) in [5, 5.41) is 5.67. The third kappa shape index (κ3) is 3.91. The second kappa shape index (κ2) is 7.13. The Hall–Kier alpha value is -1.88. The number of thiophene rings is 1. The van der Waals surface area contributed by atoms with Gasteiger partial charge < -0.3 is 5.32 Å². The first-order valence-corrected chi connectivity index (χ1v) is 8.48. The minimum absolute atomic E-state index is 0.204. The zero-order chi connectivity index (χ0) is 16.2. The van der Waals surface area contributed by atoms with E-state index in [1.807, 2.05) is 29.8 Å². The maximum atomic E-state index is 12.2. The first-order chi connectivity index (χ1) is 11.1. The largest absolute Gasteiger partial charge is 0.348 e. The number of carbonyl (C=O) groups is 1. The van der Waals surface area contributed by atoms with Crippen molar-refractivity contribution in [1.29, 1.82) is 0 Å². The van der Waals surface area contributed by atoms with Crippen LogP contribution in [0.2, 0.25) is 10.0 Å². The molecule has 0 aliphatic rings. The average molecular weight is 363 g/mol. The van der Waals surface area contributed by atoms with E-state index in [1.165, 1.54) is 0 Å². The normalized spacial score (nSPS) is 10.5. The first-order valence-electron chi connectivity index (χ1n) is 6.84. The molecule has 116 valence electrons. The number of aromatic nitrogens is 1. The zero-order valence-corrected chi connectivity index (χ0v) is 14.3. The van der Waals surface area contributed by atoms with E-state index in [1.54, 1.807) is 35.7 Å². The van der Waals surface area contributed by atoms with E-state index in [9.17, 15) is 4.79 Å². The Morgan fingerprint density at radius 1 is 1.13 bits per heavy atom. The molecule has 6 heteroatoms. The summed E-state index contributed by atoms with van der Waals surface area (Å²) in [6, 6.07) is 10.9. The molecule has 0 atom stereocenters. The van der Waals surface area contributed by atoms with Gasteiger partial charge in [0.25, 0.3) is 5.91 Å². The molecule has 0 aliphatic heterocycles. The molecular formula is C17H12Cl2N2OS. The van der Waals surface area contributed by atoms with E-state index in [2.05, 4.69) is 10.3 Å². The first kappa shape index (κ1) is 16.0. The van der Waals surface area contributed by atoms with Crippen LogP contribution < -0.4 is 5.32 Å². The van der Waals surface area contributed by atoms with Gasteiger partial charge in [0, 0.05) is 34.9 Å². The number of benzene rings is 1. The molecular weight excluding hydrogens is 351 g/mol. The molecule has 0 fully saturated rings. The predicted molar refractivity (Wildman–Crippen MR) is 95.2 cm³/mol. The van der Waals surface area contributed by atoms with E-state index in [0.29, 0.717) is 22.2 Å². The quantitative estimate of drug-likeness (QED) is 0.705. The summed E-state index contributed by atoms with van der Waals surface area (Å²) in [4.78, 5) is 17.5. The fraction of sp³-hybridized carbons (Fsp3) is 0.0588. The third-order valence-corrected chi connectivity index (χ3v) is 4.89. The van der Waals surface area contributed by atoms with Crippen molar-refractivity contribution in [1.82, 2.24) is 10.3 Å². The highest BCUT2D eigenvalue weighted by atomic mass is 35.5. The van der Waals surface area contributed by atoms with Gasteiger partial charge in [0.1, 0.15) is 0 Å². The van der Waals surface area contributed by atoms with Gasteiger partial charge in [0.2, 0.25) is 0 Å². The maximum Gasteiger partial charge on any atom is 0.251 e. The van der Waals surface area contributed by atoms with Crippen LogP contribution in [0.25, 0.3) is 10.4 Å². The second-order valence-corrected chi connectivity index (χ2v) is 6.63. The van der Waals surface area contributed by atoms with Crippen LogP contribution in [0.1, 0.15) is 15.9 Å². The van der Waals surface area contributed by atoms with Gasteiger partial charge in [-0.05, 0) is 41.3 Å². The van der Waals surface area contributed by atoms with Crippen LogP contribution in [0.15, 0.2) is 54.2 Å². The van der Waals surface area contributed by atoms with Crippen LogP contribution >= 0.6 is 34.5 Å². The molecule has 0 saturated heterocycles. The van der Waals surface area contributed by atoms with Crippen molar-refractivity contribution in [2.75, 3.05) is 0 Å². The summed E-state index contributed by atoms with van der Waals surface area (Å²) < 4.78 is 0. The molecule has 0 spiro atoms. The fourth-order valence-electron chi connectivity index (χ4n) is 2.08. The molecule has 0 saturated carbocycles. The molecule has 3 aromatic rings. The summed E-state index contributed by atoms with van der Waals surface area (Å²) in [7, 11) is 0. The molecule has 0 bridgehead atoms. The number of amides is 1. The molecule has 0 unspecified atom stereocenters. The van der Waals surface area contributed by atoms with Crippen molar-refractivity contribution in [2.24, 2.45) is 0 Å². The molecule has 3 rings (SSSR count). The van der Waals surface area contributed by atoms with E-state index < -0.39 is 0 Å². The Kier molecular flexibility index (Phi) is 4.96. The third-order valence-electron chi connectivity index (χ3n) is 3.24. The lowest BCUT2D eigenvalue weighted by molar-refractivity contribution is 0.0951. The number of carbonyl (C=O) groups excluding carboxylic acids is 1. The Bertz CT molecular complexity index is 834. The zero-order valence-electron chi connectivity index (χ0n) is 11.9. The molecule has 0 aliphatic carbocycles. The van der Waals surface area contributed by atoms with E-state index >= 15 is 0 Å². The minimum Gasteiger partial charge on any atom is -0.348 e. The molecule has 2 aromatic heterocycles. The summed E-state index contributed by atoms with van der Waals surface area (Å²) in [5.41, 5.74) is 2.45. The number of hydrogen-bond donors (Lipinski definition) is 1. The Balaban J connectivity index is 1.69. The highest BCUT2D eigenvalue weighted by Crippen LogP contribution is 2.25. The Labute approximate surface area is 147 Å². The molecule has 1 amide bonds. The van der Waals surface area contributed by atoms with E-state index in [-0.39, 0.29) is 5.91 Å². The second-order valence-electron chi connectivity index (χ2n) is 4.87. The van der Waals surface area contributed by atoms with Crippen molar-refractivity contribution in [3.8, 4) is 10.4 Å². The van der Waals surface area contributed by atoms with Crippen molar-refractivity contribution >= 4 is 40.4 Å². The van der Waals surface area contributed by atoms with Gasteiger partial charge in [-0.15, -0.1) is 11.3 Å². The number of hydrogen-bond acceptors (Lipinski definition) is 3. The highest BCUT2D eigenvalue weighted by Gasteiger charge is 2.08. The van der Waals surface area contributed by atoms with Crippen molar-refractivity contribution in [3.63, 3.8) is 0 Å². The van der Waals surface area contributed by atoms with Crippen molar-refractivity contribution in [3.05, 3.63) is 75.3 Å². The van der Waals surface area contributed by atoms with Crippen molar-refractivity contribution in [2.45, 2.75) is 6.54 Å². The summed E-state index contributed by atoms with van der Waals surface area (Å²) >= 11 is 13.4. The monoisotopic (exact) mass is 362 g/mol. The standard InChI is InChI=1S/C17H12Cl2N2OS/c18-14-4-3-12(7-15(14)19)17(22)21-9-11-6-13(10-20-8-11)16-2-1-5-23-16/h1-8,10H,9H2,(H,21,22). The fourth-order valence-corrected chi connectivity index (χ4v) is 3.09. The maximum absolute atomic E-state index is 12.2. The van der Waals surface area contributed by atoms with Gasteiger partial charge in [-0.25, -0.2) is 0 Å². The smallest absolute Gasteiger partial charge is 0.251 e. The topological polar surface area (TPSA) is 42.0 Å². The van der Waals surface area contributed by atoms with Crippen LogP contribution in [0.5, 0.6) is 0 Å². The van der Waals surface area contributed by atoms with Gasteiger partial charge in [0.15, 0.2) is 0 Å². The SMILES string of the molecule is O=C(NCc1cncc(-c2cccs2)c1)c1ccc(Cl)c(Cl)c1. The molecule has 3 nitrogen and oxygen atoms in total. The highest BCUT2D eigenvalue weighted by molar-refractivity contribution is 7.13. The van der Waals surface area contributed by atoms with Gasteiger partial charge in [-0.3, -0.25) is 9.78 Å². The van der Waals surface area contributed by atoms with Crippen LogP contribution in [0, 0.1) is 0 Å². The van der Waals surface area contributed by atoms with Gasteiger partial charge in [-0.1, -0.05) is 29.3 Å². The number of nitrogens with zero attached hydrogens (tertiary/aromatic N) is 1. The molecule has 1 N–H and O–H groups in total. The lowest BCUT2D eigenvalue weighted by atomic mass is 10.1. The van der Waals surface area contributed by atoms with Crippen LogP contribution in [0.4, 0.5) is 0 Å². The van der Waals surface area contributed by atoms with Crippen LogP contribution in [0.3, 0.4) is 0 Å². The molecule has 2 heterocycles. The van der Waals surface area contributed by atoms with Gasteiger partial charge in [0.05, 0.1) is 10.0 Å². The van der Waals surface area contributed by atoms with Crippen LogP contribution in [-0.2, 0) is 6.54 Å². The Morgan fingerprint density at radius 2 is 2.00 bits per heavy atom. The number of rotatable bonds is 4. The molecule has 0 radical (unpaired) electrons. The van der Waals surface area contributed by atoms with Gasteiger partial charge >= 0.3 is 0 Å². The number of nitrogens with one attached hydrogen (secondary N) is 1.